The molecule has 0 heterocycles. The van der Waals surface area contributed by atoms with Gasteiger partial charge in [-0.05, 0) is 88.1 Å². The Labute approximate surface area is 317 Å². The number of aliphatic hydroxyl groups is 3. The number of aromatic hydroxyl groups is 1. The lowest BCUT2D eigenvalue weighted by Crippen LogP contribution is -2.61. The second-order valence-corrected chi connectivity index (χ2v) is 14.6. The van der Waals surface area contributed by atoms with Crippen molar-refractivity contribution in [1.82, 2.24) is 10.6 Å². The molecule has 1 aliphatic carbocycles. The lowest BCUT2D eigenvalue weighted by Gasteiger charge is -2.41. The van der Waals surface area contributed by atoms with E-state index in [1.165, 1.54) is 43.9 Å². The molecule has 7 N–H and O–H groups in total. The molecular formula is C40H57N3O11. The van der Waals surface area contributed by atoms with Crippen LogP contribution >= 0.6 is 0 Å². The number of aliphatic hydroxyl groups excluding tert-OH is 2. The fourth-order valence-corrected chi connectivity index (χ4v) is 5.79. The van der Waals surface area contributed by atoms with Crippen LogP contribution in [0, 0.1) is 0 Å². The van der Waals surface area contributed by atoms with Gasteiger partial charge in [0, 0.05) is 31.1 Å². The highest BCUT2D eigenvalue weighted by Gasteiger charge is 2.50. The highest BCUT2D eigenvalue weighted by atomic mass is 16.6. The molecule has 5 atom stereocenters. The molecule has 0 radical (unpaired) electrons. The maximum Gasteiger partial charge on any atom is 0.407 e. The molecule has 3 rings (SSSR count). The number of anilines is 1. The molecule has 3 amide bonds. The van der Waals surface area contributed by atoms with E-state index < -0.39 is 72.3 Å². The number of phenols is 1. The lowest BCUT2D eigenvalue weighted by molar-refractivity contribution is -0.187. The minimum Gasteiger partial charge on any atom is -0.508 e. The Bertz CT molecular complexity index is 1530. The smallest absolute Gasteiger partial charge is 0.407 e. The van der Waals surface area contributed by atoms with Crippen molar-refractivity contribution in [3.8, 4) is 11.5 Å². The number of ether oxygens (including phenoxy) is 3. The second-order valence-electron chi connectivity index (χ2n) is 14.6. The Kier molecular flexibility index (Phi) is 17.2. The molecular weight excluding hydrogens is 698 g/mol. The molecule has 0 aromatic heterocycles. The highest BCUT2D eigenvalue weighted by Crippen LogP contribution is 2.32. The summed E-state index contributed by atoms with van der Waals surface area (Å²) in [6.45, 7) is 8.05. The van der Waals surface area contributed by atoms with Gasteiger partial charge in [0.15, 0.2) is 0 Å². The zero-order chi connectivity index (χ0) is 39.7. The molecule has 298 valence electrons. The van der Waals surface area contributed by atoms with E-state index in [9.17, 15) is 39.6 Å². The molecule has 54 heavy (non-hydrogen) atoms. The summed E-state index contributed by atoms with van der Waals surface area (Å²) in [6, 6.07) is 11.6. The SMILES string of the molecule is CCCCCCCCOc1ccc(NC(=O)C(CCCNC(=O)OC(C)(C)C)NC(=O)[C@]2(O)C[C@@H](O)[C@@H](O)[C@H](OC(=O)/C=C/c3ccc(O)cc3)C2)cc1. The Balaban J connectivity index is 1.65. The van der Waals surface area contributed by atoms with Crippen LogP contribution in [0.5, 0.6) is 11.5 Å². The van der Waals surface area contributed by atoms with Crippen LogP contribution in [0.1, 0.15) is 97.5 Å². The summed E-state index contributed by atoms with van der Waals surface area (Å²) in [5, 5.41) is 50.0. The molecule has 0 saturated heterocycles. The van der Waals surface area contributed by atoms with Crippen molar-refractivity contribution in [2.75, 3.05) is 18.5 Å². The minimum absolute atomic E-state index is 0.0363. The van der Waals surface area contributed by atoms with Crippen LogP contribution in [-0.2, 0) is 23.9 Å². The summed E-state index contributed by atoms with van der Waals surface area (Å²) in [6.07, 6.45) is 3.09. The largest absolute Gasteiger partial charge is 0.508 e. The van der Waals surface area contributed by atoms with Crippen LogP contribution in [0.3, 0.4) is 0 Å². The third-order valence-electron chi connectivity index (χ3n) is 8.70. The van der Waals surface area contributed by atoms with Crippen LogP contribution in [0.15, 0.2) is 54.6 Å². The predicted molar refractivity (Wildman–Crippen MR) is 203 cm³/mol. The monoisotopic (exact) mass is 755 g/mol. The summed E-state index contributed by atoms with van der Waals surface area (Å²) in [4.78, 5) is 51.9. The third kappa shape index (κ3) is 15.4. The van der Waals surface area contributed by atoms with Crippen molar-refractivity contribution >= 4 is 35.6 Å². The maximum atomic E-state index is 13.6. The molecule has 2 aromatic carbocycles. The standard InChI is InChI=1S/C40H57N3O11/c1-5-6-7-8-9-10-24-52-30-20-16-28(17-21-30)42-36(48)31(12-11-23-41-38(50)54-39(2,3)4)43-37(49)40(51)25-32(45)35(47)33(26-40)53-34(46)22-15-27-13-18-29(44)19-14-27/h13-22,31-33,35,44-45,47,51H,5-12,23-26H2,1-4H3,(H,41,50)(H,42,48)(H,43,49)/b22-15+/t31?,32-,33-,35-,40+/m1/s1. The first-order valence-electron chi connectivity index (χ1n) is 18.7. The summed E-state index contributed by atoms with van der Waals surface area (Å²) in [5.41, 5.74) is -2.03. The van der Waals surface area contributed by atoms with Crippen LogP contribution in [0.25, 0.3) is 6.08 Å². The third-order valence-corrected chi connectivity index (χ3v) is 8.70. The van der Waals surface area contributed by atoms with Crippen molar-refractivity contribution < 1.29 is 53.8 Å². The number of nitrogens with one attached hydrogen (secondary N) is 3. The van der Waals surface area contributed by atoms with Gasteiger partial charge in [-0.15, -0.1) is 0 Å². The zero-order valence-electron chi connectivity index (χ0n) is 31.7. The number of unbranched alkanes of at least 4 members (excludes halogenated alkanes) is 5. The minimum atomic E-state index is -2.33. The van der Waals surface area contributed by atoms with E-state index in [2.05, 4.69) is 22.9 Å². The molecule has 14 heteroatoms. The number of rotatable bonds is 19. The summed E-state index contributed by atoms with van der Waals surface area (Å²) < 4.78 is 16.4. The number of esters is 1. The summed E-state index contributed by atoms with van der Waals surface area (Å²) >= 11 is 0. The van der Waals surface area contributed by atoms with Gasteiger partial charge in [-0.25, -0.2) is 9.59 Å². The van der Waals surface area contributed by atoms with Crippen molar-refractivity contribution in [3.05, 3.63) is 60.2 Å². The van der Waals surface area contributed by atoms with Gasteiger partial charge >= 0.3 is 12.1 Å². The Morgan fingerprint density at radius 2 is 1.59 bits per heavy atom. The van der Waals surface area contributed by atoms with E-state index in [4.69, 9.17) is 14.2 Å². The molecule has 1 fully saturated rings. The number of amides is 3. The maximum absolute atomic E-state index is 13.6. The Hall–Kier alpha value is -4.66. The highest BCUT2D eigenvalue weighted by molar-refractivity contribution is 5.98. The number of hydrogen-bond donors (Lipinski definition) is 7. The van der Waals surface area contributed by atoms with Gasteiger partial charge in [0.1, 0.15) is 41.0 Å². The van der Waals surface area contributed by atoms with E-state index in [0.29, 0.717) is 23.6 Å². The van der Waals surface area contributed by atoms with E-state index in [1.807, 2.05) is 0 Å². The molecule has 1 aliphatic rings. The van der Waals surface area contributed by atoms with E-state index >= 15 is 0 Å². The molecule has 0 aliphatic heterocycles. The lowest BCUT2D eigenvalue weighted by atomic mass is 9.78. The second kappa shape index (κ2) is 21.3. The quantitative estimate of drug-likeness (QED) is 0.0592. The summed E-state index contributed by atoms with van der Waals surface area (Å²) in [5.74, 6) is -1.85. The fraction of sp³-hybridized carbons (Fsp3) is 0.550. The molecule has 0 bridgehead atoms. The Morgan fingerprint density at radius 1 is 0.926 bits per heavy atom. The van der Waals surface area contributed by atoms with Gasteiger partial charge in [-0.1, -0.05) is 51.2 Å². The van der Waals surface area contributed by atoms with E-state index in [0.717, 1.165) is 18.9 Å². The van der Waals surface area contributed by atoms with Crippen molar-refractivity contribution in [2.45, 2.75) is 127 Å². The number of carbonyl (C=O) groups is 4. The van der Waals surface area contributed by atoms with Crippen molar-refractivity contribution in [3.63, 3.8) is 0 Å². The van der Waals surface area contributed by atoms with Gasteiger partial charge in [0.25, 0.3) is 5.91 Å². The number of alkyl carbamates (subject to hydrolysis) is 1. The number of hydrogen-bond acceptors (Lipinski definition) is 11. The van der Waals surface area contributed by atoms with Gasteiger partial charge < -0.3 is 50.6 Å². The molecule has 14 nitrogen and oxygen atoms in total. The number of carbonyl (C=O) groups excluding carboxylic acids is 4. The molecule has 1 saturated carbocycles. The van der Waals surface area contributed by atoms with Crippen LogP contribution < -0.4 is 20.7 Å². The predicted octanol–water partition coefficient (Wildman–Crippen LogP) is 4.73. The van der Waals surface area contributed by atoms with Gasteiger partial charge in [0.05, 0.1) is 12.7 Å². The number of phenolic OH excluding ortho intramolecular Hbond substituents is 1. The van der Waals surface area contributed by atoms with Crippen molar-refractivity contribution in [1.29, 1.82) is 0 Å². The van der Waals surface area contributed by atoms with Crippen LogP contribution in [0.4, 0.5) is 10.5 Å². The van der Waals surface area contributed by atoms with Gasteiger partial charge in [-0.2, -0.15) is 0 Å². The van der Waals surface area contributed by atoms with Gasteiger partial charge in [0.2, 0.25) is 5.91 Å². The van der Waals surface area contributed by atoms with Gasteiger partial charge in [-0.3, -0.25) is 9.59 Å². The van der Waals surface area contributed by atoms with E-state index in [1.54, 1.807) is 57.2 Å². The molecule has 1 unspecified atom stereocenters. The van der Waals surface area contributed by atoms with Crippen molar-refractivity contribution in [2.24, 2.45) is 0 Å². The first-order valence-corrected chi connectivity index (χ1v) is 18.7. The zero-order valence-corrected chi connectivity index (χ0v) is 31.7. The first-order chi connectivity index (χ1) is 25.6. The molecule has 2 aromatic rings. The first kappa shape index (κ1) is 43.7. The van der Waals surface area contributed by atoms with Crippen LogP contribution in [-0.4, -0.2) is 93.0 Å². The Morgan fingerprint density at radius 3 is 2.26 bits per heavy atom. The fourth-order valence-electron chi connectivity index (χ4n) is 5.79. The molecule has 0 spiro atoms. The number of benzene rings is 2. The normalized spacial score (nSPS) is 20.5. The van der Waals surface area contributed by atoms with E-state index in [-0.39, 0.29) is 25.1 Å². The average Bonchev–Trinajstić information content (AvgIpc) is 3.11. The topological polar surface area (TPSA) is 213 Å². The summed E-state index contributed by atoms with van der Waals surface area (Å²) in [7, 11) is 0. The average molecular weight is 756 g/mol. The van der Waals surface area contributed by atoms with Crippen LogP contribution in [0.2, 0.25) is 0 Å².